The molecule has 1 fully saturated rings. The Morgan fingerprint density at radius 1 is 0.755 bits per heavy atom. The number of aliphatic hydroxyl groups is 1. The zero-order valence-corrected chi connectivity index (χ0v) is 30.7. The van der Waals surface area contributed by atoms with E-state index in [-0.39, 0.29) is 5.92 Å². The number of hydrogen-bond acceptors (Lipinski definition) is 9. The van der Waals surface area contributed by atoms with Gasteiger partial charge in [0.05, 0.1) is 87.5 Å². The summed E-state index contributed by atoms with van der Waals surface area (Å²) in [5.41, 5.74) is 2.98. The Morgan fingerprint density at radius 3 is 1.81 bits per heavy atom. The van der Waals surface area contributed by atoms with Crippen LogP contribution in [-0.2, 0) is 25.5 Å². The van der Waals surface area contributed by atoms with Crippen molar-refractivity contribution in [2.75, 3.05) is 76.6 Å². The maximum atomic E-state index is 13.3. The van der Waals surface area contributed by atoms with Gasteiger partial charge >= 0.3 is 6.03 Å². The standard InChI is InChI=1S/C42H47N5O6/c1-32(2)28-42(3,49)14-13-38-27-35(30-44)9-12-40(38)46-41(48)45-39-11-8-34(29-43)26-37(39)10-7-33-5-4-6-36(25-33)31-47-15-17-50-19-21-52-23-24-53-22-20-51-18-16-47/h4-6,8-9,11-12,25-27,32,49H,15-24,28,31H2,1-3H3,(H2,45,46,48). The summed E-state index contributed by atoms with van der Waals surface area (Å²) in [5, 5.41) is 35.4. The summed E-state index contributed by atoms with van der Waals surface area (Å²) in [7, 11) is 0. The van der Waals surface area contributed by atoms with Gasteiger partial charge < -0.3 is 34.7 Å². The van der Waals surface area contributed by atoms with E-state index in [1.165, 1.54) is 0 Å². The minimum atomic E-state index is -1.24. The van der Waals surface area contributed by atoms with Crippen LogP contribution in [0.3, 0.4) is 0 Å². The average molecular weight is 718 g/mol. The van der Waals surface area contributed by atoms with Gasteiger partial charge in [0.1, 0.15) is 5.60 Å². The second-order valence-electron chi connectivity index (χ2n) is 13.1. The number of nitrogens with one attached hydrogen (secondary N) is 2. The van der Waals surface area contributed by atoms with E-state index < -0.39 is 11.6 Å². The van der Waals surface area contributed by atoms with Gasteiger partial charge in [0, 0.05) is 36.3 Å². The van der Waals surface area contributed by atoms with Crippen LogP contribution in [0.25, 0.3) is 0 Å². The molecule has 0 aliphatic carbocycles. The Bertz CT molecular complexity index is 1870. The third kappa shape index (κ3) is 14.7. The van der Waals surface area contributed by atoms with Crippen LogP contribution in [0.2, 0.25) is 0 Å². The predicted molar refractivity (Wildman–Crippen MR) is 203 cm³/mol. The van der Waals surface area contributed by atoms with Gasteiger partial charge in [-0.15, -0.1) is 0 Å². The van der Waals surface area contributed by atoms with E-state index in [9.17, 15) is 20.4 Å². The molecule has 1 saturated heterocycles. The predicted octanol–water partition coefficient (Wildman–Crippen LogP) is 5.50. The summed E-state index contributed by atoms with van der Waals surface area (Å²) in [6, 6.07) is 21.2. The molecule has 3 N–H and O–H groups in total. The monoisotopic (exact) mass is 717 g/mol. The first-order chi connectivity index (χ1) is 25.6. The molecule has 1 atom stereocenters. The van der Waals surface area contributed by atoms with E-state index in [2.05, 4.69) is 51.4 Å². The van der Waals surface area contributed by atoms with E-state index in [1.54, 1.807) is 43.3 Å². The van der Waals surface area contributed by atoms with Crippen LogP contribution in [0.1, 0.15) is 60.6 Å². The van der Waals surface area contributed by atoms with E-state index >= 15 is 0 Å². The van der Waals surface area contributed by atoms with Crippen molar-refractivity contribution in [1.29, 1.82) is 10.5 Å². The highest BCUT2D eigenvalue weighted by Gasteiger charge is 2.19. The number of urea groups is 1. The van der Waals surface area contributed by atoms with Gasteiger partial charge in [0.15, 0.2) is 0 Å². The Morgan fingerprint density at radius 2 is 1.28 bits per heavy atom. The number of amides is 2. The normalized spacial score (nSPS) is 15.8. The van der Waals surface area contributed by atoms with Gasteiger partial charge in [-0.05, 0) is 73.4 Å². The zero-order chi connectivity index (χ0) is 37.9. The lowest BCUT2D eigenvalue weighted by atomic mass is 9.94. The van der Waals surface area contributed by atoms with Crippen LogP contribution < -0.4 is 10.6 Å². The second-order valence-corrected chi connectivity index (χ2v) is 13.1. The van der Waals surface area contributed by atoms with E-state index in [0.717, 1.165) is 24.2 Å². The molecule has 11 heteroatoms. The lowest BCUT2D eigenvalue weighted by molar-refractivity contribution is 0.00206. The minimum absolute atomic E-state index is 0.220. The largest absolute Gasteiger partial charge is 0.378 e. The molecular formula is C42H47N5O6. The number of carbonyl (C=O) groups is 1. The number of benzene rings is 3. The van der Waals surface area contributed by atoms with E-state index in [1.807, 2.05) is 38.1 Å². The minimum Gasteiger partial charge on any atom is -0.378 e. The molecule has 3 aromatic rings. The van der Waals surface area contributed by atoms with Crippen LogP contribution in [-0.4, -0.2) is 87.6 Å². The molecule has 2 amide bonds. The summed E-state index contributed by atoms with van der Waals surface area (Å²) in [4.78, 5) is 15.6. The molecule has 1 unspecified atom stereocenters. The Balaban J connectivity index is 1.49. The van der Waals surface area contributed by atoms with Crippen LogP contribution in [0, 0.1) is 52.3 Å². The van der Waals surface area contributed by atoms with Crippen LogP contribution in [0.4, 0.5) is 16.2 Å². The molecule has 0 radical (unpaired) electrons. The number of hydrogen-bond donors (Lipinski definition) is 3. The van der Waals surface area contributed by atoms with Crippen LogP contribution in [0.5, 0.6) is 0 Å². The van der Waals surface area contributed by atoms with Crippen molar-refractivity contribution in [2.24, 2.45) is 5.92 Å². The van der Waals surface area contributed by atoms with Crippen molar-refractivity contribution >= 4 is 17.4 Å². The van der Waals surface area contributed by atoms with Gasteiger partial charge in [-0.2, -0.15) is 10.5 Å². The van der Waals surface area contributed by atoms with Gasteiger partial charge in [0.2, 0.25) is 0 Å². The fourth-order valence-electron chi connectivity index (χ4n) is 5.54. The second kappa shape index (κ2) is 21.3. The maximum Gasteiger partial charge on any atom is 0.323 e. The highest BCUT2D eigenvalue weighted by atomic mass is 16.6. The number of carbonyl (C=O) groups excluding carboxylic acids is 1. The first-order valence-corrected chi connectivity index (χ1v) is 17.7. The molecule has 4 rings (SSSR count). The summed E-state index contributed by atoms with van der Waals surface area (Å²) < 4.78 is 22.6. The van der Waals surface area contributed by atoms with Gasteiger partial charge in [-0.3, -0.25) is 4.90 Å². The van der Waals surface area contributed by atoms with Gasteiger partial charge in [-0.1, -0.05) is 49.7 Å². The van der Waals surface area contributed by atoms with Crippen molar-refractivity contribution in [3.8, 4) is 35.8 Å². The SMILES string of the molecule is CC(C)CC(C)(O)C#Cc1cc(C#N)ccc1NC(=O)Nc1ccc(C#N)cc1C#Cc1cccc(CN2CCOCCOCCOCCOCC2)c1. The fourth-order valence-corrected chi connectivity index (χ4v) is 5.54. The fraction of sp³-hybridized carbons (Fsp3) is 0.405. The first kappa shape index (κ1) is 40.6. The first-order valence-electron chi connectivity index (χ1n) is 17.7. The highest BCUT2D eigenvalue weighted by Crippen LogP contribution is 2.21. The van der Waals surface area contributed by atoms with Crippen molar-refractivity contribution in [3.63, 3.8) is 0 Å². The molecule has 1 aliphatic rings. The number of anilines is 2. The molecule has 53 heavy (non-hydrogen) atoms. The molecule has 0 spiro atoms. The number of nitrogens with zero attached hydrogens (tertiary/aromatic N) is 3. The Labute approximate surface area is 312 Å². The molecule has 11 nitrogen and oxygen atoms in total. The van der Waals surface area contributed by atoms with Crippen LogP contribution >= 0.6 is 0 Å². The summed E-state index contributed by atoms with van der Waals surface area (Å²) in [5.74, 6) is 12.4. The highest BCUT2D eigenvalue weighted by molar-refractivity contribution is 6.01. The van der Waals surface area contributed by atoms with Crippen molar-refractivity contribution in [2.45, 2.75) is 39.3 Å². The van der Waals surface area contributed by atoms with E-state index in [0.29, 0.717) is 99.4 Å². The zero-order valence-electron chi connectivity index (χ0n) is 30.7. The molecule has 0 bridgehead atoms. The molecule has 1 heterocycles. The molecule has 0 aromatic heterocycles. The maximum absolute atomic E-state index is 13.3. The summed E-state index contributed by atoms with van der Waals surface area (Å²) in [6.07, 6.45) is 0.463. The number of nitriles is 2. The lowest BCUT2D eigenvalue weighted by Crippen LogP contribution is -2.31. The molecule has 3 aromatic carbocycles. The number of ether oxygens (including phenoxy) is 4. The van der Waals surface area contributed by atoms with Gasteiger partial charge in [0.25, 0.3) is 0 Å². The third-order valence-corrected chi connectivity index (χ3v) is 7.96. The van der Waals surface area contributed by atoms with Crippen molar-refractivity contribution in [1.82, 2.24) is 4.90 Å². The van der Waals surface area contributed by atoms with Gasteiger partial charge in [-0.25, -0.2) is 4.79 Å². The quantitative estimate of drug-likeness (QED) is 0.281. The summed E-state index contributed by atoms with van der Waals surface area (Å²) in [6.45, 7) is 12.0. The Kier molecular flexibility index (Phi) is 16.3. The topological polar surface area (TPSA) is 149 Å². The molecule has 1 aliphatic heterocycles. The lowest BCUT2D eigenvalue weighted by Gasteiger charge is -2.22. The average Bonchev–Trinajstić information content (AvgIpc) is 3.14. The summed E-state index contributed by atoms with van der Waals surface area (Å²) >= 11 is 0. The molecular weight excluding hydrogens is 670 g/mol. The number of rotatable bonds is 6. The molecule has 0 saturated carbocycles. The smallest absolute Gasteiger partial charge is 0.323 e. The Hall–Kier alpha value is -5.21. The van der Waals surface area contributed by atoms with E-state index in [4.69, 9.17) is 18.9 Å². The molecule has 276 valence electrons. The third-order valence-electron chi connectivity index (χ3n) is 7.96. The van der Waals surface area contributed by atoms with Crippen molar-refractivity contribution in [3.05, 3.63) is 94.0 Å². The van der Waals surface area contributed by atoms with Crippen molar-refractivity contribution < 1.29 is 28.8 Å². The van der Waals surface area contributed by atoms with Crippen LogP contribution in [0.15, 0.2) is 60.7 Å².